The van der Waals surface area contributed by atoms with E-state index in [1.807, 2.05) is 30.3 Å². The maximum atomic E-state index is 6.42. The van der Waals surface area contributed by atoms with Gasteiger partial charge in [0.15, 0.2) is 5.58 Å². The van der Waals surface area contributed by atoms with E-state index in [1.54, 1.807) is 6.20 Å². The Balaban J connectivity index is 0.796. The van der Waals surface area contributed by atoms with Gasteiger partial charge in [0, 0.05) is 54.7 Å². The van der Waals surface area contributed by atoms with E-state index >= 15 is 0 Å². The molecule has 6 aromatic heterocycles. The van der Waals surface area contributed by atoms with Crippen molar-refractivity contribution in [2.24, 2.45) is 0 Å². The molecule has 302 valence electrons. The molecule has 0 saturated heterocycles. The molecule has 0 aliphatic rings. The monoisotopic (exact) mass is 833 g/mol. The van der Waals surface area contributed by atoms with Crippen LogP contribution in [0.3, 0.4) is 0 Å². The first kappa shape index (κ1) is 34.7. The van der Waals surface area contributed by atoms with Gasteiger partial charge < -0.3 is 22.1 Å². The summed E-state index contributed by atoms with van der Waals surface area (Å²) in [7, 11) is 0. The molecule has 0 bridgehead atoms. The quantitative estimate of drug-likeness (QED) is 0.176. The number of para-hydroxylation sites is 1. The second kappa shape index (κ2) is 12.8. The molecule has 9 aromatic carbocycles. The predicted molar refractivity (Wildman–Crippen MR) is 262 cm³/mol. The normalized spacial score (nSPS) is 12.3. The van der Waals surface area contributed by atoms with Crippen molar-refractivity contribution in [3.8, 4) is 44.5 Å². The molecule has 0 aliphatic heterocycles. The third-order valence-corrected chi connectivity index (χ3v) is 13.3. The lowest BCUT2D eigenvalue weighted by Gasteiger charge is -2.05. The summed E-state index contributed by atoms with van der Waals surface area (Å²) >= 11 is 0. The van der Waals surface area contributed by atoms with Gasteiger partial charge in [-0.2, -0.15) is 0 Å². The summed E-state index contributed by atoms with van der Waals surface area (Å²) in [5.41, 5.74) is 18.3. The van der Waals surface area contributed by atoms with E-state index in [-0.39, 0.29) is 0 Å². The van der Waals surface area contributed by atoms with Gasteiger partial charge in [0.1, 0.15) is 55.8 Å². The Morgan fingerprint density at radius 1 is 0.215 bits per heavy atom. The molecule has 0 N–H and O–H groups in total. The van der Waals surface area contributed by atoms with E-state index in [1.165, 1.54) is 0 Å². The number of benzene rings is 9. The van der Waals surface area contributed by atoms with Crippen LogP contribution < -0.4 is 0 Å². The molecule has 6 heteroatoms. The molecule has 0 unspecified atom stereocenters. The van der Waals surface area contributed by atoms with Gasteiger partial charge in [-0.05, 0) is 160 Å². The molecule has 6 heterocycles. The Hall–Kier alpha value is -8.87. The van der Waals surface area contributed by atoms with Crippen LogP contribution in [0.25, 0.3) is 154 Å². The Labute approximate surface area is 368 Å². The van der Waals surface area contributed by atoms with Crippen LogP contribution in [0.2, 0.25) is 0 Å². The third kappa shape index (κ3) is 5.19. The van der Waals surface area contributed by atoms with Crippen molar-refractivity contribution in [3.63, 3.8) is 0 Å². The van der Waals surface area contributed by atoms with E-state index in [4.69, 9.17) is 22.1 Å². The van der Waals surface area contributed by atoms with Crippen LogP contribution in [0.4, 0.5) is 0 Å². The average Bonchev–Trinajstić information content (AvgIpc) is 4.18. The minimum absolute atomic E-state index is 0.788. The smallest absolute Gasteiger partial charge is 0.153 e. The molecular formula is C59H31NO5. The molecule has 0 fully saturated rings. The molecule has 0 atom stereocenters. The molecule has 0 saturated carbocycles. The fraction of sp³-hybridized carbons (Fsp3) is 0. The first-order valence-electron chi connectivity index (χ1n) is 21.7. The second-order valence-electron chi connectivity index (χ2n) is 17.0. The maximum absolute atomic E-state index is 6.42. The highest BCUT2D eigenvalue weighted by molar-refractivity contribution is 6.13. The van der Waals surface area contributed by atoms with Gasteiger partial charge in [-0.3, -0.25) is 4.98 Å². The highest BCUT2D eigenvalue weighted by atomic mass is 16.3. The van der Waals surface area contributed by atoms with Crippen molar-refractivity contribution in [2.75, 3.05) is 0 Å². The number of rotatable bonds is 4. The lowest BCUT2D eigenvalue weighted by atomic mass is 9.97. The van der Waals surface area contributed by atoms with E-state index in [2.05, 4.69) is 157 Å². The first-order chi connectivity index (χ1) is 32.1. The van der Waals surface area contributed by atoms with Crippen LogP contribution >= 0.6 is 0 Å². The Bertz CT molecular complexity index is 4210. The number of hydrogen-bond donors (Lipinski definition) is 0. The number of nitrogens with zero attached hydrogens (tertiary/aromatic N) is 1. The maximum Gasteiger partial charge on any atom is 0.153 e. The summed E-state index contributed by atoms with van der Waals surface area (Å²) in [6.07, 6.45) is 1.81. The lowest BCUT2D eigenvalue weighted by Crippen LogP contribution is -1.80. The molecule has 15 aromatic rings. The predicted octanol–water partition coefficient (Wildman–Crippen LogP) is 17.2. The molecule has 0 spiro atoms. The van der Waals surface area contributed by atoms with Gasteiger partial charge >= 0.3 is 0 Å². The summed E-state index contributed by atoms with van der Waals surface area (Å²) in [5.74, 6) is 0. The highest BCUT2D eigenvalue weighted by Crippen LogP contribution is 2.41. The number of aromatic nitrogens is 1. The van der Waals surface area contributed by atoms with Gasteiger partial charge in [0.05, 0.1) is 0 Å². The number of furan rings is 5. The van der Waals surface area contributed by atoms with Crippen molar-refractivity contribution in [1.29, 1.82) is 0 Å². The molecule has 6 nitrogen and oxygen atoms in total. The first-order valence-corrected chi connectivity index (χ1v) is 21.7. The third-order valence-electron chi connectivity index (χ3n) is 13.3. The van der Waals surface area contributed by atoms with Crippen molar-refractivity contribution in [1.82, 2.24) is 4.98 Å². The van der Waals surface area contributed by atoms with Gasteiger partial charge in [-0.1, -0.05) is 66.7 Å². The molecule has 15 rings (SSSR count). The van der Waals surface area contributed by atoms with Crippen LogP contribution in [0.1, 0.15) is 0 Å². The van der Waals surface area contributed by atoms with Gasteiger partial charge in [0.2, 0.25) is 0 Å². The zero-order valence-corrected chi connectivity index (χ0v) is 34.4. The minimum Gasteiger partial charge on any atom is -0.456 e. The summed E-state index contributed by atoms with van der Waals surface area (Å²) in [6, 6.07) is 63.5. The van der Waals surface area contributed by atoms with E-state index in [0.29, 0.717) is 0 Å². The van der Waals surface area contributed by atoms with Crippen molar-refractivity contribution >= 4 is 110 Å². The van der Waals surface area contributed by atoms with Crippen LogP contribution in [-0.2, 0) is 0 Å². The second-order valence-corrected chi connectivity index (χ2v) is 17.0. The van der Waals surface area contributed by atoms with E-state index in [9.17, 15) is 0 Å². The largest absolute Gasteiger partial charge is 0.456 e. The Morgan fingerprint density at radius 3 is 0.846 bits per heavy atom. The summed E-state index contributed by atoms with van der Waals surface area (Å²) in [5, 5.41) is 9.66. The van der Waals surface area contributed by atoms with E-state index < -0.39 is 0 Å². The fourth-order valence-corrected chi connectivity index (χ4v) is 10.1. The number of fused-ring (bicyclic) bond motifs is 15. The average molecular weight is 834 g/mol. The van der Waals surface area contributed by atoms with Crippen molar-refractivity contribution in [2.45, 2.75) is 0 Å². The van der Waals surface area contributed by atoms with Gasteiger partial charge in [-0.15, -0.1) is 0 Å². The fourth-order valence-electron chi connectivity index (χ4n) is 10.1. The Kier molecular flexibility index (Phi) is 6.86. The Morgan fingerprint density at radius 2 is 0.477 bits per heavy atom. The van der Waals surface area contributed by atoms with Crippen molar-refractivity contribution < 1.29 is 22.1 Å². The van der Waals surface area contributed by atoms with Crippen LogP contribution in [0.5, 0.6) is 0 Å². The van der Waals surface area contributed by atoms with Crippen LogP contribution in [-0.4, -0.2) is 4.98 Å². The number of hydrogen-bond acceptors (Lipinski definition) is 6. The van der Waals surface area contributed by atoms with Crippen molar-refractivity contribution in [3.05, 3.63) is 188 Å². The molecule has 0 aliphatic carbocycles. The van der Waals surface area contributed by atoms with Gasteiger partial charge in [-0.25, -0.2) is 0 Å². The molecule has 0 amide bonds. The molecular weight excluding hydrogens is 803 g/mol. The standard InChI is InChI=1S/C59H31NO5/c1-2-5-49-40(4-1)41-24-32(7-15-50(41)61-49)33-8-16-51-42(25-33)43-26-34(9-17-52(43)62-51)35-10-18-53-44(27-35)45-28-36(11-19-54(45)63-53)37-12-20-55-46(29-37)47-30-38(13-21-56(47)64-55)39-14-22-57-48(31-39)59-58(65-57)6-3-23-60-59/h1-31H. The topological polar surface area (TPSA) is 78.6 Å². The van der Waals surface area contributed by atoms with Gasteiger partial charge in [0.25, 0.3) is 0 Å². The zero-order chi connectivity index (χ0) is 42.3. The molecule has 0 radical (unpaired) electrons. The number of pyridine rings is 1. The summed E-state index contributed by atoms with van der Waals surface area (Å²) in [4.78, 5) is 4.59. The SMILES string of the molecule is c1ccc2c(c1)oc1ccc(-c3ccc4oc5ccc(-c6ccc7oc8ccc(-c9ccc%10oc%11ccc(-c%12ccc%13oc%14cccnc%14c%13c%12)cc%11c%10c9)cc8c7c6)cc5c4c3)cc12. The van der Waals surface area contributed by atoms with Crippen LogP contribution in [0.15, 0.2) is 210 Å². The lowest BCUT2D eigenvalue weighted by molar-refractivity contribution is 0.668. The summed E-state index contributed by atoms with van der Waals surface area (Å²) < 4.78 is 31.3. The summed E-state index contributed by atoms with van der Waals surface area (Å²) in [6.45, 7) is 0. The minimum atomic E-state index is 0.788. The van der Waals surface area contributed by atoms with Crippen LogP contribution in [0, 0.1) is 0 Å². The van der Waals surface area contributed by atoms with E-state index in [0.717, 1.165) is 154 Å². The highest BCUT2D eigenvalue weighted by Gasteiger charge is 2.17. The molecule has 65 heavy (non-hydrogen) atoms. The zero-order valence-electron chi connectivity index (χ0n) is 34.4.